The van der Waals surface area contributed by atoms with E-state index in [0.717, 1.165) is 5.56 Å². The number of hydrogen-bond donors (Lipinski definition) is 1. The molecule has 6 nitrogen and oxygen atoms in total. The normalized spacial score (nSPS) is 11.3. The number of nitrogens with one attached hydrogen (secondary N) is 1. The third-order valence-electron chi connectivity index (χ3n) is 3.18. The summed E-state index contributed by atoms with van der Waals surface area (Å²) in [6.07, 6.45) is -2.94. The molecule has 0 radical (unpaired) electrons. The number of benzene rings is 1. The molecule has 0 fully saturated rings. The number of hydrogen-bond acceptors (Lipinski definition) is 5. The van der Waals surface area contributed by atoms with Crippen LogP contribution < -0.4 is 20.3 Å². The number of aromatic nitrogens is 2. The summed E-state index contributed by atoms with van der Waals surface area (Å²) in [6.45, 7) is -1.09. The fourth-order valence-electron chi connectivity index (χ4n) is 1.93. The molecule has 0 bridgehead atoms. The van der Waals surface area contributed by atoms with E-state index in [1.54, 1.807) is 12.1 Å². The van der Waals surface area contributed by atoms with E-state index in [1.807, 2.05) is 0 Å². The Morgan fingerprint density at radius 1 is 1.32 bits per heavy atom. The van der Waals surface area contributed by atoms with Gasteiger partial charge in [0.2, 0.25) is 0 Å². The number of ether oxygens (including phenoxy) is 2. The van der Waals surface area contributed by atoms with Crippen LogP contribution in [-0.2, 0) is 13.6 Å². The Hall–Kier alpha value is -2.23. The molecule has 0 aliphatic rings. The van der Waals surface area contributed by atoms with Gasteiger partial charge in [-0.25, -0.2) is 4.68 Å². The first-order valence-corrected chi connectivity index (χ1v) is 7.82. The van der Waals surface area contributed by atoms with Crippen LogP contribution in [0, 0.1) is 0 Å². The number of rotatable bonds is 6. The molecule has 2 aromatic rings. The van der Waals surface area contributed by atoms with Gasteiger partial charge in [-0.2, -0.15) is 18.3 Å². The van der Waals surface area contributed by atoms with E-state index in [0.29, 0.717) is 16.7 Å². The number of anilines is 1. The standard InChI is InChI=1S/C15H15BrF3N3O3/c1-22-14(23)13(16)10(7-21-22)20-6-9-3-4-11(12(5-9)24-2)25-8-15(17,18)19/h3-5,7,20H,6,8H2,1-2H3. The third kappa shape index (κ3) is 5.12. The second-order valence-corrected chi connectivity index (χ2v) is 5.84. The molecule has 1 aromatic heterocycles. The van der Waals surface area contributed by atoms with Crippen molar-refractivity contribution in [1.29, 1.82) is 0 Å². The predicted octanol–water partition coefficient (Wildman–Crippen LogP) is 3.10. The summed E-state index contributed by atoms with van der Waals surface area (Å²) >= 11 is 3.20. The minimum Gasteiger partial charge on any atom is -0.493 e. The SMILES string of the molecule is COc1cc(CNc2cnn(C)c(=O)c2Br)ccc1OCC(F)(F)F. The van der Waals surface area contributed by atoms with Crippen LogP contribution in [0.25, 0.3) is 0 Å². The molecule has 10 heteroatoms. The van der Waals surface area contributed by atoms with E-state index < -0.39 is 12.8 Å². The maximum atomic E-state index is 12.3. The van der Waals surface area contributed by atoms with Crippen LogP contribution in [0.4, 0.5) is 18.9 Å². The Morgan fingerprint density at radius 3 is 2.68 bits per heavy atom. The molecule has 0 spiro atoms. The molecule has 0 atom stereocenters. The Morgan fingerprint density at radius 2 is 2.04 bits per heavy atom. The summed E-state index contributed by atoms with van der Waals surface area (Å²) in [5.74, 6) is 0.185. The zero-order valence-electron chi connectivity index (χ0n) is 13.4. The molecule has 0 saturated heterocycles. The molecule has 136 valence electrons. The van der Waals surface area contributed by atoms with Gasteiger partial charge in [-0.15, -0.1) is 0 Å². The average Bonchev–Trinajstić information content (AvgIpc) is 2.57. The second kappa shape index (κ2) is 7.77. The van der Waals surface area contributed by atoms with Gasteiger partial charge in [-0.1, -0.05) is 6.07 Å². The van der Waals surface area contributed by atoms with Crippen molar-refractivity contribution in [3.8, 4) is 11.5 Å². The molecule has 0 unspecified atom stereocenters. The zero-order chi connectivity index (χ0) is 18.6. The quantitative estimate of drug-likeness (QED) is 0.776. The van der Waals surface area contributed by atoms with Crippen molar-refractivity contribution in [1.82, 2.24) is 9.78 Å². The summed E-state index contributed by atoms with van der Waals surface area (Å²) in [6, 6.07) is 4.56. The molecule has 2 rings (SSSR count). The van der Waals surface area contributed by atoms with Gasteiger partial charge in [-0.3, -0.25) is 4.79 Å². The van der Waals surface area contributed by atoms with Crippen LogP contribution in [0.1, 0.15) is 5.56 Å². The van der Waals surface area contributed by atoms with Gasteiger partial charge in [-0.05, 0) is 33.6 Å². The molecule has 25 heavy (non-hydrogen) atoms. The van der Waals surface area contributed by atoms with Gasteiger partial charge in [0.05, 0.1) is 19.0 Å². The molecule has 0 aliphatic carbocycles. The van der Waals surface area contributed by atoms with Gasteiger partial charge >= 0.3 is 6.18 Å². The smallest absolute Gasteiger partial charge is 0.422 e. The highest BCUT2D eigenvalue weighted by Gasteiger charge is 2.29. The lowest BCUT2D eigenvalue weighted by molar-refractivity contribution is -0.153. The van der Waals surface area contributed by atoms with E-state index in [-0.39, 0.29) is 17.1 Å². The van der Waals surface area contributed by atoms with Gasteiger partial charge in [0.1, 0.15) is 4.47 Å². The number of aryl methyl sites for hydroxylation is 1. The Bertz CT molecular complexity index is 809. The minimum atomic E-state index is -4.43. The van der Waals surface area contributed by atoms with Gasteiger partial charge in [0.15, 0.2) is 18.1 Å². The molecule has 0 aliphatic heterocycles. The first-order valence-electron chi connectivity index (χ1n) is 7.03. The summed E-state index contributed by atoms with van der Waals surface area (Å²) in [7, 11) is 2.87. The summed E-state index contributed by atoms with van der Waals surface area (Å²) in [4.78, 5) is 11.8. The number of methoxy groups -OCH3 is 1. The van der Waals surface area contributed by atoms with Crippen molar-refractivity contribution >= 4 is 21.6 Å². The summed E-state index contributed by atoms with van der Waals surface area (Å²) < 4.78 is 48.1. The summed E-state index contributed by atoms with van der Waals surface area (Å²) in [5, 5.41) is 6.93. The molecule has 1 N–H and O–H groups in total. The van der Waals surface area contributed by atoms with Crippen LogP contribution >= 0.6 is 15.9 Å². The summed E-state index contributed by atoms with van der Waals surface area (Å²) in [5.41, 5.74) is 0.932. The van der Waals surface area contributed by atoms with Crippen LogP contribution in [-0.4, -0.2) is 29.7 Å². The Kier molecular flexibility index (Phi) is 5.93. The Labute approximate surface area is 149 Å². The monoisotopic (exact) mass is 421 g/mol. The van der Waals surface area contributed by atoms with E-state index in [2.05, 4.69) is 26.3 Å². The lowest BCUT2D eigenvalue weighted by Gasteiger charge is -2.14. The van der Waals surface area contributed by atoms with Gasteiger partial charge in [0.25, 0.3) is 5.56 Å². The van der Waals surface area contributed by atoms with Gasteiger partial charge < -0.3 is 14.8 Å². The highest BCUT2D eigenvalue weighted by Crippen LogP contribution is 2.30. The van der Waals surface area contributed by atoms with Crippen LogP contribution in [0.15, 0.2) is 33.7 Å². The highest BCUT2D eigenvalue weighted by molar-refractivity contribution is 9.10. The van der Waals surface area contributed by atoms with E-state index in [4.69, 9.17) is 9.47 Å². The first kappa shape index (κ1) is 19.1. The van der Waals surface area contributed by atoms with Crippen molar-refractivity contribution in [3.05, 3.63) is 44.8 Å². The molecular weight excluding hydrogens is 407 g/mol. The lowest BCUT2D eigenvalue weighted by atomic mass is 10.2. The van der Waals surface area contributed by atoms with Crippen molar-refractivity contribution < 1.29 is 22.6 Å². The first-order chi connectivity index (χ1) is 11.7. The molecular formula is C15H15BrF3N3O3. The van der Waals surface area contributed by atoms with E-state index in [1.165, 1.54) is 31.1 Å². The lowest BCUT2D eigenvalue weighted by Crippen LogP contribution is -2.21. The molecule has 0 amide bonds. The number of alkyl halides is 3. The fraction of sp³-hybridized carbons (Fsp3) is 0.333. The molecule has 0 saturated carbocycles. The third-order valence-corrected chi connectivity index (χ3v) is 3.95. The maximum absolute atomic E-state index is 12.3. The van der Waals surface area contributed by atoms with E-state index in [9.17, 15) is 18.0 Å². The van der Waals surface area contributed by atoms with Crippen molar-refractivity contribution in [2.24, 2.45) is 7.05 Å². The van der Waals surface area contributed by atoms with E-state index >= 15 is 0 Å². The van der Waals surface area contributed by atoms with Crippen LogP contribution in [0.2, 0.25) is 0 Å². The zero-order valence-corrected chi connectivity index (χ0v) is 14.9. The molecule has 1 heterocycles. The van der Waals surface area contributed by atoms with Crippen LogP contribution in [0.5, 0.6) is 11.5 Å². The number of nitrogens with zero attached hydrogens (tertiary/aromatic N) is 2. The molecule has 1 aromatic carbocycles. The highest BCUT2D eigenvalue weighted by atomic mass is 79.9. The van der Waals surface area contributed by atoms with Crippen molar-refractivity contribution in [2.45, 2.75) is 12.7 Å². The minimum absolute atomic E-state index is 0.00000238. The largest absolute Gasteiger partial charge is 0.493 e. The fourth-order valence-corrected chi connectivity index (χ4v) is 2.43. The van der Waals surface area contributed by atoms with Crippen LogP contribution in [0.3, 0.4) is 0 Å². The Balaban J connectivity index is 2.11. The van der Waals surface area contributed by atoms with Crippen molar-refractivity contribution in [3.63, 3.8) is 0 Å². The number of halogens is 4. The predicted molar refractivity (Wildman–Crippen MR) is 89.0 cm³/mol. The van der Waals surface area contributed by atoms with Gasteiger partial charge in [0, 0.05) is 13.6 Å². The second-order valence-electron chi connectivity index (χ2n) is 5.04. The topological polar surface area (TPSA) is 65.4 Å². The average molecular weight is 422 g/mol. The maximum Gasteiger partial charge on any atom is 0.422 e. The van der Waals surface area contributed by atoms with Crippen molar-refractivity contribution in [2.75, 3.05) is 19.0 Å².